The highest BCUT2D eigenvalue weighted by Crippen LogP contribution is 2.29. The van der Waals surface area contributed by atoms with Gasteiger partial charge in [-0.1, -0.05) is 13.8 Å². The minimum absolute atomic E-state index is 0.0433. The molecule has 2 N–H and O–H groups in total. The van der Waals surface area contributed by atoms with E-state index in [2.05, 4.69) is 20.6 Å². The molecule has 0 aliphatic rings. The van der Waals surface area contributed by atoms with E-state index < -0.39 is 11.9 Å². The maximum Gasteiger partial charge on any atom is 0.433 e. The van der Waals surface area contributed by atoms with E-state index in [4.69, 9.17) is 0 Å². The lowest BCUT2D eigenvalue weighted by Crippen LogP contribution is -2.20. The van der Waals surface area contributed by atoms with E-state index >= 15 is 0 Å². The zero-order chi connectivity index (χ0) is 13.8. The van der Waals surface area contributed by atoms with Crippen LogP contribution in [0.4, 0.5) is 24.9 Å². The van der Waals surface area contributed by atoms with Crippen LogP contribution in [0, 0.1) is 0 Å². The second-order valence-corrected chi connectivity index (χ2v) is 3.87. The Balaban J connectivity index is 3.04. The van der Waals surface area contributed by atoms with E-state index in [1.807, 2.05) is 13.8 Å². The van der Waals surface area contributed by atoms with Gasteiger partial charge in [0.15, 0.2) is 5.69 Å². The maximum atomic E-state index is 12.6. The predicted octanol–water partition coefficient (Wildman–Crippen LogP) is 3.14. The first-order valence-electron chi connectivity index (χ1n) is 5.81. The van der Waals surface area contributed by atoms with Crippen molar-refractivity contribution in [3.8, 4) is 0 Å². The Morgan fingerprint density at radius 2 is 1.83 bits per heavy atom. The first-order chi connectivity index (χ1) is 8.40. The molecule has 1 aromatic rings. The Bertz CT molecular complexity index is 388. The number of rotatable bonds is 5. The van der Waals surface area contributed by atoms with Gasteiger partial charge in [0.05, 0.1) is 0 Å². The van der Waals surface area contributed by atoms with E-state index in [0.717, 1.165) is 18.9 Å². The fourth-order valence-corrected chi connectivity index (χ4v) is 1.48. The lowest BCUT2D eigenvalue weighted by atomic mass is 10.2. The minimum atomic E-state index is -4.47. The average Bonchev–Trinajstić information content (AvgIpc) is 2.34. The summed E-state index contributed by atoms with van der Waals surface area (Å²) in [5.41, 5.74) is -0.949. The Morgan fingerprint density at radius 1 is 1.22 bits per heavy atom. The molecular weight excluding hydrogens is 245 g/mol. The molecule has 0 fully saturated rings. The van der Waals surface area contributed by atoms with Gasteiger partial charge < -0.3 is 10.6 Å². The van der Waals surface area contributed by atoms with Crippen LogP contribution in [-0.2, 0) is 6.18 Å². The van der Waals surface area contributed by atoms with Crippen molar-refractivity contribution >= 4 is 11.8 Å². The van der Waals surface area contributed by atoms with Crippen LogP contribution in [0.3, 0.4) is 0 Å². The van der Waals surface area contributed by atoms with Crippen LogP contribution in [0.5, 0.6) is 0 Å². The summed E-state index contributed by atoms with van der Waals surface area (Å²) in [7, 11) is 1.48. The molecule has 0 aromatic carbocycles. The zero-order valence-electron chi connectivity index (χ0n) is 10.6. The van der Waals surface area contributed by atoms with Gasteiger partial charge in [-0.25, -0.2) is 4.98 Å². The van der Waals surface area contributed by atoms with Gasteiger partial charge in [0.2, 0.25) is 5.95 Å². The van der Waals surface area contributed by atoms with Crippen LogP contribution in [0.25, 0.3) is 0 Å². The molecule has 0 unspecified atom stereocenters. The predicted molar refractivity (Wildman–Crippen MR) is 64.6 cm³/mol. The van der Waals surface area contributed by atoms with Crippen LogP contribution in [-0.4, -0.2) is 23.1 Å². The molecule has 7 heteroatoms. The summed E-state index contributed by atoms with van der Waals surface area (Å²) in [6.07, 6.45) is -2.84. The van der Waals surface area contributed by atoms with Gasteiger partial charge >= 0.3 is 6.18 Å². The summed E-state index contributed by atoms with van der Waals surface area (Å²) in [5, 5.41) is 5.50. The van der Waals surface area contributed by atoms with Gasteiger partial charge in [0, 0.05) is 19.2 Å². The number of alkyl halides is 3. The molecule has 0 atom stereocenters. The number of nitrogens with zero attached hydrogens (tertiary/aromatic N) is 2. The summed E-state index contributed by atoms with van der Waals surface area (Å²) in [4.78, 5) is 7.36. The van der Waals surface area contributed by atoms with E-state index in [0.29, 0.717) is 0 Å². The van der Waals surface area contributed by atoms with Crippen LogP contribution in [0.2, 0.25) is 0 Å². The highest BCUT2D eigenvalue weighted by Gasteiger charge is 2.33. The second kappa shape index (κ2) is 5.88. The molecule has 1 aromatic heterocycles. The monoisotopic (exact) mass is 262 g/mol. The lowest BCUT2D eigenvalue weighted by molar-refractivity contribution is -0.141. The summed E-state index contributed by atoms with van der Waals surface area (Å²) >= 11 is 0. The number of hydrogen-bond donors (Lipinski definition) is 2. The molecule has 0 aliphatic heterocycles. The topological polar surface area (TPSA) is 49.8 Å². The first-order valence-corrected chi connectivity index (χ1v) is 5.81. The molecule has 4 nitrogen and oxygen atoms in total. The van der Waals surface area contributed by atoms with Gasteiger partial charge in [-0.3, -0.25) is 0 Å². The van der Waals surface area contributed by atoms with E-state index in [9.17, 15) is 13.2 Å². The summed E-state index contributed by atoms with van der Waals surface area (Å²) in [6, 6.07) is 1.03. The number of halogens is 3. The fraction of sp³-hybridized carbons (Fsp3) is 0.636. The van der Waals surface area contributed by atoms with Crippen molar-refractivity contribution in [2.45, 2.75) is 38.9 Å². The third-order valence-electron chi connectivity index (χ3n) is 2.58. The van der Waals surface area contributed by atoms with Gasteiger partial charge in [-0.15, -0.1) is 0 Å². The van der Waals surface area contributed by atoms with Crippen molar-refractivity contribution in [3.63, 3.8) is 0 Å². The third-order valence-corrected chi connectivity index (χ3v) is 2.58. The minimum Gasteiger partial charge on any atom is -0.367 e. The Labute approximate surface area is 104 Å². The third kappa shape index (κ3) is 3.75. The summed E-state index contributed by atoms with van der Waals surface area (Å²) < 4.78 is 37.9. The standard InChI is InChI=1S/C11H17F3N4/c1-4-7(5-2)16-9-6-8(11(12,13)14)17-10(15-3)18-9/h6-7H,4-5H2,1-3H3,(H2,15,16,17,18). The SMILES string of the molecule is CCC(CC)Nc1cc(C(F)(F)F)nc(NC)n1. The Hall–Kier alpha value is -1.53. The molecule has 102 valence electrons. The molecule has 0 saturated carbocycles. The summed E-state index contributed by atoms with van der Waals surface area (Å²) in [5.74, 6) is 0.147. The molecule has 0 amide bonds. The molecule has 1 rings (SSSR count). The quantitative estimate of drug-likeness (QED) is 0.856. The largest absolute Gasteiger partial charge is 0.433 e. The first kappa shape index (κ1) is 14.5. The average molecular weight is 262 g/mol. The van der Waals surface area contributed by atoms with Crippen LogP contribution >= 0.6 is 0 Å². The van der Waals surface area contributed by atoms with Crippen LogP contribution in [0.15, 0.2) is 6.07 Å². The Morgan fingerprint density at radius 3 is 2.28 bits per heavy atom. The van der Waals surface area contributed by atoms with Gasteiger partial charge in [-0.05, 0) is 12.8 Å². The molecule has 18 heavy (non-hydrogen) atoms. The molecule has 0 spiro atoms. The van der Waals surface area contributed by atoms with Crippen LogP contribution < -0.4 is 10.6 Å². The Kier molecular flexibility index (Phi) is 4.75. The second-order valence-electron chi connectivity index (χ2n) is 3.87. The molecule has 0 bridgehead atoms. The van der Waals surface area contributed by atoms with Crippen molar-refractivity contribution in [1.82, 2.24) is 9.97 Å². The van der Waals surface area contributed by atoms with Crippen molar-refractivity contribution in [1.29, 1.82) is 0 Å². The fourth-order valence-electron chi connectivity index (χ4n) is 1.48. The van der Waals surface area contributed by atoms with Gasteiger partial charge in [0.25, 0.3) is 0 Å². The number of aromatic nitrogens is 2. The zero-order valence-corrected chi connectivity index (χ0v) is 10.6. The molecule has 0 radical (unpaired) electrons. The number of hydrogen-bond acceptors (Lipinski definition) is 4. The lowest BCUT2D eigenvalue weighted by Gasteiger charge is -2.17. The van der Waals surface area contributed by atoms with Crippen LogP contribution in [0.1, 0.15) is 32.4 Å². The van der Waals surface area contributed by atoms with Gasteiger partial charge in [-0.2, -0.15) is 18.2 Å². The highest BCUT2D eigenvalue weighted by molar-refractivity contribution is 5.43. The smallest absolute Gasteiger partial charge is 0.367 e. The number of anilines is 2. The molecule has 0 aliphatic carbocycles. The van der Waals surface area contributed by atoms with Crippen molar-refractivity contribution in [2.24, 2.45) is 0 Å². The highest BCUT2D eigenvalue weighted by atomic mass is 19.4. The van der Waals surface area contributed by atoms with E-state index in [1.54, 1.807) is 0 Å². The molecule has 1 heterocycles. The van der Waals surface area contributed by atoms with E-state index in [1.165, 1.54) is 7.05 Å². The molecular formula is C11H17F3N4. The normalized spacial score (nSPS) is 11.7. The molecule has 0 saturated heterocycles. The maximum absolute atomic E-state index is 12.6. The summed E-state index contributed by atoms with van der Waals surface area (Å²) in [6.45, 7) is 3.93. The van der Waals surface area contributed by atoms with Crippen molar-refractivity contribution in [3.05, 3.63) is 11.8 Å². The van der Waals surface area contributed by atoms with Gasteiger partial charge in [0.1, 0.15) is 5.82 Å². The van der Waals surface area contributed by atoms with E-state index in [-0.39, 0.29) is 17.8 Å². The van der Waals surface area contributed by atoms with Crippen molar-refractivity contribution in [2.75, 3.05) is 17.7 Å². The van der Waals surface area contributed by atoms with Crippen molar-refractivity contribution < 1.29 is 13.2 Å². The number of nitrogens with one attached hydrogen (secondary N) is 2.